The van der Waals surface area contributed by atoms with E-state index >= 15 is 0 Å². The van der Waals surface area contributed by atoms with Gasteiger partial charge in [-0.25, -0.2) is 9.78 Å². The molecular formula is C22H26N4O2S. The normalized spacial score (nSPS) is 11.3. The summed E-state index contributed by atoms with van der Waals surface area (Å²) in [6, 6.07) is 11.6. The topological polar surface area (TPSA) is 81.0 Å². The van der Waals surface area contributed by atoms with Crippen LogP contribution >= 0.6 is 11.3 Å². The van der Waals surface area contributed by atoms with Crippen molar-refractivity contribution in [1.82, 2.24) is 10.3 Å². The molecule has 0 aliphatic heterocycles. The molecule has 6 nitrogen and oxygen atoms in total. The number of rotatable bonds is 5. The van der Waals surface area contributed by atoms with Crippen LogP contribution in [0.15, 0.2) is 48.8 Å². The predicted octanol–water partition coefficient (Wildman–Crippen LogP) is 4.94. The number of urea groups is 1. The molecule has 3 rings (SSSR count). The van der Waals surface area contributed by atoms with Crippen molar-refractivity contribution in [1.29, 1.82) is 0 Å². The summed E-state index contributed by atoms with van der Waals surface area (Å²) in [5, 5.41) is 17.6. The van der Waals surface area contributed by atoms with E-state index in [-0.39, 0.29) is 11.4 Å². The van der Waals surface area contributed by atoms with Crippen LogP contribution in [0.3, 0.4) is 0 Å². The standard InChI is InChI=1S/C22H26N4O2S/c1-5-12-23-20(27)25-21-24-18(15-6-8-17(9-7-15)22(2,3)4)19(29-21)16-10-13-26(28)14-11-16/h6-11,13-14H,5,12H2,1-4H3,(H2,23,24,25,27). The van der Waals surface area contributed by atoms with E-state index in [1.807, 2.05) is 6.92 Å². The summed E-state index contributed by atoms with van der Waals surface area (Å²) >= 11 is 1.39. The number of hydrogen-bond acceptors (Lipinski definition) is 4. The van der Waals surface area contributed by atoms with Gasteiger partial charge in [0, 0.05) is 29.8 Å². The quantitative estimate of drug-likeness (QED) is 0.462. The van der Waals surface area contributed by atoms with Crippen LogP contribution in [0, 0.1) is 5.21 Å². The van der Waals surface area contributed by atoms with Gasteiger partial charge in [-0.3, -0.25) is 5.32 Å². The highest BCUT2D eigenvalue weighted by Gasteiger charge is 2.18. The summed E-state index contributed by atoms with van der Waals surface area (Å²) in [5.74, 6) is 0. The van der Waals surface area contributed by atoms with Gasteiger partial charge in [0.15, 0.2) is 17.5 Å². The van der Waals surface area contributed by atoms with E-state index in [1.165, 1.54) is 29.3 Å². The summed E-state index contributed by atoms with van der Waals surface area (Å²) in [4.78, 5) is 17.6. The van der Waals surface area contributed by atoms with Crippen molar-refractivity contribution in [3.05, 3.63) is 59.6 Å². The Balaban J connectivity index is 1.99. The van der Waals surface area contributed by atoms with Crippen molar-refractivity contribution < 1.29 is 9.52 Å². The zero-order valence-corrected chi connectivity index (χ0v) is 18.0. The molecule has 0 saturated heterocycles. The lowest BCUT2D eigenvalue weighted by molar-refractivity contribution is -0.605. The highest BCUT2D eigenvalue weighted by Crippen LogP contribution is 2.39. The van der Waals surface area contributed by atoms with Crippen LogP contribution in [-0.2, 0) is 5.41 Å². The van der Waals surface area contributed by atoms with E-state index in [0.717, 1.165) is 32.8 Å². The summed E-state index contributed by atoms with van der Waals surface area (Å²) < 4.78 is 0.750. The average Bonchev–Trinajstić information content (AvgIpc) is 3.10. The molecule has 0 spiro atoms. The molecule has 2 amide bonds. The number of amides is 2. The van der Waals surface area contributed by atoms with Gasteiger partial charge in [-0.05, 0) is 17.4 Å². The number of carbonyl (C=O) groups is 1. The van der Waals surface area contributed by atoms with Crippen LogP contribution in [0.25, 0.3) is 21.7 Å². The average molecular weight is 411 g/mol. The number of anilines is 1. The Morgan fingerprint density at radius 2 is 1.76 bits per heavy atom. The van der Waals surface area contributed by atoms with Crippen LogP contribution in [-0.4, -0.2) is 17.6 Å². The van der Waals surface area contributed by atoms with E-state index in [4.69, 9.17) is 0 Å². The van der Waals surface area contributed by atoms with Crippen LogP contribution in [0.1, 0.15) is 39.7 Å². The maximum Gasteiger partial charge on any atom is 0.321 e. The molecule has 0 unspecified atom stereocenters. The molecule has 0 aliphatic rings. The lowest BCUT2D eigenvalue weighted by atomic mass is 9.86. The summed E-state index contributed by atoms with van der Waals surface area (Å²) in [6.07, 6.45) is 3.78. The Kier molecular flexibility index (Phi) is 6.17. The third kappa shape index (κ3) is 5.12. The monoisotopic (exact) mass is 410 g/mol. The van der Waals surface area contributed by atoms with Gasteiger partial charge in [0.1, 0.15) is 0 Å². The van der Waals surface area contributed by atoms with Gasteiger partial charge in [0.25, 0.3) is 0 Å². The minimum absolute atomic E-state index is 0.0642. The number of nitrogens with zero attached hydrogens (tertiary/aromatic N) is 2. The molecule has 0 saturated carbocycles. The molecule has 0 bridgehead atoms. The first-order chi connectivity index (χ1) is 13.8. The van der Waals surface area contributed by atoms with Gasteiger partial charge in [-0.1, -0.05) is 63.3 Å². The SMILES string of the molecule is CCCNC(=O)Nc1nc(-c2ccc(C(C)(C)C)cc2)c(-c2cc[n+]([O-])cc2)s1. The Labute approximate surface area is 175 Å². The molecule has 2 aromatic heterocycles. The fraction of sp³-hybridized carbons (Fsp3) is 0.318. The second kappa shape index (κ2) is 8.61. The van der Waals surface area contributed by atoms with Crippen LogP contribution in [0.2, 0.25) is 0 Å². The van der Waals surface area contributed by atoms with Crippen molar-refractivity contribution in [2.45, 2.75) is 39.5 Å². The Hall–Kier alpha value is -2.93. The fourth-order valence-corrected chi connectivity index (χ4v) is 3.83. The molecule has 29 heavy (non-hydrogen) atoms. The molecule has 3 aromatic rings. The van der Waals surface area contributed by atoms with Crippen LogP contribution < -0.4 is 15.4 Å². The third-order valence-corrected chi connectivity index (χ3v) is 5.49. The van der Waals surface area contributed by atoms with E-state index in [9.17, 15) is 10.0 Å². The predicted molar refractivity (Wildman–Crippen MR) is 118 cm³/mol. The molecule has 0 atom stereocenters. The van der Waals surface area contributed by atoms with Gasteiger partial charge in [0.2, 0.25) is 0 Å². The van der Waals surface area contributed by atoms with E-state index in [1.54, 1.807) is 12.1 Å². The minimum Gasteiger partial charge on any atom is -0.619 e. The second-order valence-electron chi connectivity index (χ2n) is 7.85. The van der Waals surface area contributed by atoms with Crippen molar-refractivity contribution in [2.75, 3.05) is 11.9 Å². The van der Waals surface area contributed by atoms with Gasteiger partial charge >= 0.3 is 6.03 Å². The molecule has 2 N–H and O–H groups in total. The van der Waals surface area contributed by atoms with Crippen molar-refractivity contribution in [2.24, 2.45) is 0 Å². The first-order valence-corrected chi connectivity index (χ1v) is 10.5. The fourth-order valence-electron chi connectivity index (χ4n) is 2.84. The summed E-state index contributed by atoms with van der Waals surface area (Å²) in [5.41, 5.74) is 3.93. The van der Waals surface area contributed by atoms with Gasteiger partial charge in [-0.15, -0.1) is 0 Å². The van der Waals surface area contributed by atoms with Crippen molar-refractivity contribution in [3.63, 3.8) is 0 Å². The number of benzene rings is 1. The largest absolute Gasteiger partial charge is 0.619 e. The van der Waals surface area contributed by atoms with E-state index in [0.29, 0.717) is 11.7 Å². The zero-order valence-electron chi connectivity index (χ0n) is 17.2. The number of pyridine rings is 1. The van der Waals surface area contributed by atoms with Gasteiger partial charge in [0.05, 0.1) is 10.6 Å². The molecule has 0 fully saturated rings. The second-order valence-corrected chi connectivity index (χ2v) is 8.85. The lowest BCUT2D eigenvalue weighted by Crippen LogP contribution is -2.29. The van der Waals surface area contributed by atoms with Gasteiger partial charge < -0.3 is 10.5 Å². The Bertz CT molecular complexity index is 974. The number of carbonyl (C=O) groups excluding carboxylic acids is 1. The van der Waals surface area contributed by atoms with E-state index in [2.05, 4.69) is 60.7 Å². The van der Waals surface area contributed by atoms with Crippen molar-refractivity contribution >= 4 is 22.5 Å². The molecule has 7 heteroatoms. The third-order valence-electron chi connectivity index (χ3n) is 4.47. The maximum atomic E-state index is 12.1. The van der Waals surface area contributed by atoms with Gasteiger partial charge in [-0.2, -0.15) is 4.73 Å². The summed E-state index contributed by atoms with van der Waals surface area (Å²) in [7, 11) is 0. The molecular weight excluding hydrogens is 384 g/mol. The number of aromatic nitrogens is 2. The van der Waals surface area contributed by atoms with Crippen LogP contribution in [0.4, 0.5) is 9.93 Å². The Morgan fingerprint density at radius 3 is 2.34 bits per heavy atom. The first-order valence-electron chi connectivity index (χ1n) is 9.63. The molecule has 0 radical (unpaired) electrons. The van der Waals surface area contributed by atoms with Crippen molar-refractivity contribution in [3.8, 4) is 21.7 Å². The highest BCUT2D eigenvalue weighted by molar-refractivity contribution is 7.19. The molecule has 152 valence electrons. The molecule has 0 aliphatic carbocycles. The minimum atomic E-state index is -0.271. The zero-order chi connectivity index (χ0) is 21.0. The van der Waals surface area contributed by atoms with E-state index < -0.39 is 0 Å². The van der Waals surface area contributed by atoms with Crippen LogP contribution in [0.5, 0.6) is 0 Å². The number of nitrogens with one attached hydrogen (secondary N) is 2. The first kappa shape index (κ1) is 20.8. The summed E-state index contributed by atoms with van der Waals surface area (Å²) in [6.45, 7) is 9.13. The smallest absolute Gasteiger partial charge is 0.321 e. The maximum absolute atomic E-state index is 12.1. The number of thiazole rings is 1. The lowest BCUT2D eigenvalue weighted by Gasteiger charge is -2.19. The highest BCUT2D eigenvalue weighted by atomic mass is 32.1. The Morgan fingerprint density at radius 1 is 1.10 bits per heavy atom. The molecule has 1 aromatic carbocycles. The number of hydrogen-bond donors (Lipinski definition) is 2. The molecule has 2 heterocycles.